The zero-order valence-corrected chi connectivity index (χ0v) is 16.4. The minimum Gasteiger partial charge on any atom is -0.494 e. The number of carbonyl (C=O) groups excluding carboxylic acids is 2. The van der Waals surface area contributed by atoms with Gasteiger partial charge < -0.3 is 20.5 Å². The molecule has 2 aliphatic rings. The molecule has 2 aromatic rings. The predicted molar refractivity (Wildman–Crippen MR) is 111 cm³/mol. The molecule has 2 bridgehead atoms. The fraction of sp³-hybridized carbons (Fsp3) is 0.261. The maximum Gasteiger partial charge on any atom is 0.307 e. The van der Waals surface area contributed by atoms with E-state index in [0.717, 1.165) is 0 Å². The van der Waals surface area contributed by atoms with Crippen molar-refractivity contribution in [3.8, 4) is 5.75 Å². The van der Waals surface area contributed by atoms with Crippen LogP contribution in [0.1, 0.15) is 16.8 Å². The summed E-state index contributed by atoms with van der Waals surface area (Å²) in [4.78, 5) is 36.9. The molecule has 30 heavy (non-hydrogen) atoms. The Morgan fingerprint density at radius 2 is 1.67 bits per heavy atom. The molecule has 2 aromatic carbocycles. The number of carboxylic acid groups (broad SMARTS) is 1. The predicted octanol–water partition coefficient (Wildman–Crippen LogP) is 3.41. The van der Waals surface area contributed by atoms with Gasteiger partial charge in [0.05, 0.1) is 24.6 Å². The minimum absolute atomic E-state index is 0.0533. The number of amides is 2. The van der Waals surface area contributed by atoms with Crippen molar-refractivity contribution in [1.82, 2.24) is 0 Å². The normalized spacial score (nSPS) is 23.8. The number of hydrogen-bond acceptors (Lipinski definition) is 4. The van der Waals surface area contributed by atoms with E-state index in [-0.39, 0.29) is 23.7 Å². The van der Waals surface area contributed by atoms with Gasteiger partial charge in [0, 0.05) is 17.3 Å². The Kier molecular flexibility index (Phi) is 5.27. The van der Waals surface area contributed by atoms with Gasteiger partial charge in [0.25, 0.3) is 5.91 Å². The van der Waals surface area contributed by atoms with Gasteiger partial charge in [-0.05, 0) is 42.5 Å². The molecule has 0 radical (unpaired) electrons. The number of aliphatic carboxylic acids is 1. The Bertz CT molecular complexity index is 1020. The first kappa shape index (κ1) is 19.7. The number of rotatable bonds is 6. The number of fused-ring (bicyclic) bond motifs is 2. The first-order valence-corrected chi connectivity index (χ1v) is 9.74. The maximum atomic E-state index is 12.8. The van der Waals surface area contributed by atoms with Gasteiger partial charge in [0.15, 0.2) is 0 Å². The molecule has 0 saturated heterocycles. The fourth-order valence-corrected chi connectivity index (χ4v) is 4.40. The van der Waals surface area contributed by atoms with Crippen LogP contribution in [0.5, 0.6) is 5.75 Å². The lowest BCUT2D eigenvalue weighted by Crippen LogP contribution is -2.36. The van der Waals surface area contributed by atoms with Crippen LogP contribution in [0.4, 0.5) is 11.4 Å². The largest absolute Gasteiger partial charge is 0.494 e. The first-order chi connectivity index (χ1) is 14.5. The van der Waals surface area contributed by atoms with Crippen molar-refractivity contribution in [1.29, 1.82) is 0 Å². The fourth-order valence-electron chi connectivity index (χ4n) is 4.40. The Labute approximate surface area is 173 Å². The molecule has 0 heterocycles. The van der Waals surface area contributed by atoms with Crippen molar-refractivity contribution < 1.29 is 24.2 Å². The summed E-state index contributed by atoms with van der Waals surface area (Å²) in [6.07, 6.45) is 4.54. The number of carbonyl (C=O) groups is 3. The van der Waals surface area contributed by atoms with Gasteiger partial charge in [0.2, 0.25) is 5.91 Å². The second-order valence-electron chi connectivity index (χ2n) is 7.56. The number of hydrogen-bond donors (Lipinski definition) is 3. The van der Waals surface area contributed by atoms with E-state index >= 15 is 0 Å². The molecule has 4 rings (SSSR count). The second-order valence-corrected chi connectivity index (χ2v) is 7.56. The van der Waals surface area contributed by atoms with E-state index in [1.54, 1.807) is 42.5 Å². The van der Waals surface area contributed by atoms with Gasteiger partial charge in [0.1, 0.15) is 5.75 Å². The highest BCUT2D eigenvalue weighted by Gasteiger charge is 2.51. The summed E-state index contributed by atoms with van der Waals surface area (Å²) < 4.78 is 5.37. The van der Waals surface area contributed by atoms with E-state index in [2.05, 4.69) is 10.6 Å². The summed E-state index contributed by atoms with van der Waals surface area (Å²) in [6, 6.07) is 13.7. The van der Waals surface area contributed by atoms with Gasteiger partial charge in [-0.15, -0.1) is 0 Å². The minimum atomic E-state index is -0.941. The van der Waals surface area contributed by atoms with Crippen molar-refractivity contribution >= 4 is 29.2 Å². The molecule has 0 unspecified atom stereocenters. The summed E-state index contributed by atoms with van der Waals surface area (Å²) in [5.74, 6) is -2.59. The van der Waals surface area contributed by atoms with Crippen molar-refractivity contribution in [2.75, 3.05) is 17.7 Å². The Balaban J connectivity index is 1.49. The van der Waals surface area contributed by atoms with E-state index in [4.69, 9.17) is 4.74 Å². The summed E-state index contributed by atoms with van der Waals surface area (Å²) in [7, 11) is 1.47. The molecule has 1 saturated carbocycles. The molecular weight excluding hydrogens is 384 g/mol. The third kappa shape index (κ3) is 3.66. The Hall–Kier alpha value is -3.61. The maximum absolute atomic E-state index is 12.8. The molecule has 7 nitrogen and oxygen atoms in total. The molecule has 0 spiro atoms. The average Bonchev–Trinajstić information content (AvgIpc) is 3.37. The molecule has 7 heteroatoms. The van der Waals surface area contributed by atoms with Crippen LogP contribution in [0.15, 0.2) is 60.7 Å². The Morgan fingerprint density at radius 1 is 0.967 bits per heavy atom. The summed E-state index contributed by atoms with van der Waals surface area (Å²) in [6.45, 7) is 0. The molecule has 2 amide bonds. The zero-order valence-electron chi connectivity index (χ0n) is 16.4. The quantitative estimate of drug-likeness (QED) is 0.638. The smallest absolute Gasteiger partial charge is 0.307 e. The number of carboxylic acids is 1. The van der Waals surface area contributed by atoms with Crippen LogP contribution in [0.2, 0.25) is 0 Å². The van der Waals surface area contributed by atoms with Crippen LogP contribution >= 0.6 is 0 Å². The molecule has 0 aliphatic heterocycles. The highest BCUT2D eigenvalue weighted by atomic mass is 16.5. The lowest BCUT2D eigenvalue weighted by molar-refractivity contribution is -0.146. The number of ether oxygens (including phenoxy) is 1. The van der Waals surface area contributed by atoms with E-state index < -0.39 is 17.8 Å². The molecule has 0 aromatic heterocycles. The standard InChI is InChI=1S/C23H22N2O5/c1-30-18-12-16(9-10-17(18)25-21(26)13-5-3-2-4-6-13)24-22(27)19-14-7-8-15(11-14)20(19)23(28)29/h2-10,12,14-15,19-20H,11H2,1H3,(H,24,27)(H,25,26)(H,28,29)/t14-,15+,19-,20+/m1/s1. The lowest BCUT2D eigenvalue weighted by Gasteiger charge is -2.24. The Morgan fingerprint density at radius 3 is 2.33 bits per heavy atom. The van der Waals surface area contributed by atoms with Gasteiger partial charge in [-0.2, -0.15) is 0 Å². The monoisotopic (exact) mass is 406 g/mol. The molecular formula is C23H22N2O5. The number of nitrogens with one attached hydrogen (secondary N) is 2. The van der Waals surface area contributed by atoms with Gasteiger partial charge in [-0.25, -0.2) is 0 Å². The van der Waals surface area contributed by atoms with Crippen molar-refractivity contribution in [3.05, 3.63) is 66.2 Å². The molecule has 154 valence electrons. The highest BCUT2D eigenvalue weighted by molar-refractivity contribution is 6.05. The third-order valence-corrected chi connectivity index (χ3v) is 5.80. The summed E-state index contributed by atoms with van der Waals surface area (Å²) in [5.41, 5.74) is 1.46. The van der Waals surface area contributed by atoms with Crippen LogP contribution in [0, 0.1) is 23.7 Å². The summed E-state index contributed by atoms with van der Waals surface area (Å²) in [5, 5.41) is 15.1. The molecule has 3 N–H and O–H groups in total. The topological polar surface area (TPSA) is 105 Å². The van der Waals surface area contributed by atoms with Crippen molar-refractivity contribution in [2.24, 2.45) is 23.7 Å². The van der Waals surface area contributed by atoms with Gasteiger partial charge >= 0.3 is 5.97 Å². The van der Waals surface area contributed by atoms with Crippen LogP contribution < -0.4 is 15.4 Å². The third-order valence-electron chi connectivity index (χ3n) is 5.80. The lowest BCUT2D eigenvalue weighted by atomic mass is 9.82. The van der Waals surface area contributed by atoms with E-state index in [0.29, 0.717) is 29.1 Å². The van der Waals surface area contributed by atoms with E-state index in [1.807, 2.05) is 18.2 Å². The number of anilines is 2. The number of allylic oxidation sites excluding steroid dienone is 2. The van der Waals surface area contributed by atoms with E-state index in [1.165, 1.54) is 7.11 Å². The van der Waals surface area contributed by atoms with Gasteiger partial charge in [-0.1, -0.05) is 30.4 Å². The van der Waals surface area contributed by atoms with Crippen molar-refractivity contribution in [3.63, 3.8) is 0 Å². The first-order valence-electron chi connectivity index (χ1n) is 9.74. The van der Waals surface area contributed by atoms with Crippen molar-refractivity contribution in [2.45, 2.75) is 6.42 Å². The molecule has 1 fully saturated rings. The molecule has 4 atom stereocenters. The van der Waals surface area contributed by atoms with Crippen LogP contribution in [-0.4, -0.2) is 30.0 Å². The number of benzene rings is 2. The number of methoxy groups -OCH3 is 1. The van der Waals surface area contributed by atoms with Crippen LogP contribution in [-0.2, 0) is 9.59 Å². The summed E-state index contributed by atoms with van der Waals surface area (Å²) >= 11 is 0. The van der Waals surface area contributed by atoms with Crippen LogP contribution in [0.25, 0.3) is 0 Å². The second kappa shape index (κ2) is 8.02. The average molecular weight is 406 g/mol. The van der Waals surface area contributed by atoms with E-state index in [9.17, 15) is 19.5 Å². The zero-order chi connectivity index (χ0) is 21.3. The highest BCUT2D eigenvalue weighted by Crippen LogP contribution is 2.48. The van der Waals surface area contributed by atoms with Gasteiger partial charge in [-0.3, -0.25) is 14.4 Å². The van der Waals surface area contributed by atoms with Crippen LogP contribution in [0.3, 0.4) is 0 Å². The molecule has 2 aliphatic carbocycles. The SMILES string of the molecule is COc1cc(NC(=O)[C@H]2[C@@H](C(=O)O)[C@H]3C=C[C@@H]2C3)ccc1NC(=O)c1ccccc1.